The predicted molar refractivity (Wildman–Crippen MR) is 159 cm³/mol. The van der Waals surface area contributed by atoms with E-state index >= 15 is 0 Å². The van der Waals surface area contributed by atoms with Gasteiger partial charge in [-0.3, -0.25) is 9.59 Å². The Hall–Kier alpha value is -5.10. The fourth-order valence-electron chi connectivity index (χ4n) is 5.31. The van der Waals surface area contributed by atoms with E-state index in [1.54, 1.807) is 13.2 Å². The summed E-state index contributed by atoms with van der Waals surface area (Å²) in [7, 11) is 1.59. The van der Waals surface area contributed by atoms with Crippen molar-refractivity contribution in [2.45, 2.75) is 18.9 Å². The maximum Gasteiger partial charge on any atom is 0.254 e. The van der Waals surface area contributed by atoms with E-state index in [2.05, 4.69) is 5.32 Å². The Balaban J connectivity index is 1.16. The van der Waals surface area contributed by atoms with Gasteiger partial charge in [-0.2, -0.15) is 0 Å². The van der Waals surface area contributed by atoms with Crippen LogP contribution < -0.4 is 10.1 Å². The average molecular weight is 543 g/mol. The van der Waals surface area contributed by atoms with Gasteiger partial charge in [0.1, 0.15) is 17.3 Å². The van der Waals surface area contributed by atoms with E-state index in [9.17, 15) is 9.59 Å². The molecule has 1 N–H and O–H groups in total. The first kappa shape index (κ1) is 26.1. The number of benzene rings is 4. The van der Waals surface area contributed by atoms with E-state index in [0.717, 1.165) is 33.8 Å². The Kier molecular flexibility index (Phi) is 7.37. The van der Waals surface area contributed by atoms with Gasteiger partial charge in [0.25, 0.3) is 5.91 Å². The van der Waals surface area contributed by atoms with Gasteiger partial charge in [0.15, 0.2) is 0 Å². The molecule has 41 heavy (non-hydrogen) atoms. The molecule has 204 valence electrons. The Morgan fingerprint density at radius 2 is 1.51 bits per heavy atom. The number of methoxy groups -OCH3 is 1. The van der Waals surface area contributed by atoms with E-state index in [1.807, 2.05) is 114 Å². The number of nitrogens with zero attached hydrogens (tertiary/aromatic N) is 1. The number of carbonyl (C=O) groups is 2. The van der Waals surface area contributed by atoms with Gasteiger partial charge >= 0.3 is 0 Å². The van der Waals surface area contributed by atoms with Gasteiger partial charge in [-0.25, -0.2) is 0 Å². The van der Waals surface area contributed by atoms with Gasteiger partial charge in [0.2, 0.25) is 5.91 Å². The summed E-state index contributed by atoms with van der Waals surface area (Å²) >= 11 is 0. The van der Waals surface area contributed by atoms with Gasteiger partial charge in [0, 0.05) is 41.9 Å². The molecule has 2 heterocycles. The third-order valence-electron chi connectivity index (χ3n) is 7.44. The quantitative estimate of drug-likeness (QED) is 0.242. The zero-order chi connectivity index (χ0) is 28.2. The number of carbonyl (C=O) groups excluding carboxylic acids is 2. The number of hydrogen-bond donors (Lipinski definition) is 1. The highest BCUT2D eigenvalue weighted by molar-refractivity contribution is 5.98. The molecule has 0 spiro atoms. The number of rotatable bonds is 7. The summed E-state index contributed by atoms with van der Waals surface area (Å²) in [4.78, 5) is 28.4. The maximum atomic E-state index is 13.5. The van der Waals surface area contributed by atoms with Crippen molar-refractivity contribution >= 4 is 17.5 Å². The second-order valence-corrected chi connectivity index (χ2v) is 10.1. The van der Waals surface area contributed by atoms with Crippen LogP contribution in [-0.2, 0) is 17.8 Å². The van der Waals surface area contributed by atoms with Crippen molar-refractivity contribution in [2.75, 3.05) is 19.0 Å². The molecule has 0 radical (unpaired) electrons. The van der Waals surface area contributed by atoms with E-state index in [-0.39, 0.29) is 11.8 Å². The molecule has 0 unspecified atom stereocenters. The second-order valence-electron chi connectivity index (χ2n) is 10.1. The van der Waals surface area contributed by atoms with Crippen LogP contribution in [0.3, 0.4) is 0 Å². The normalized spacial score (nSPS) is 12.6. The van der Waals surface area contributed by atoms with Crippen LogP contribution in [0.1, 0.15) is 38.7 Å². The molecule has 1 aromatic heterocycles. The molecule has 0 saturated carbocycles. The zero-order valence-electron chi connectivity index (χ0n) is 22.7. The molecule has 4 aromatic carbocycles. The first-order chi connectivity index (χ1) is 20.1. The summed E-state index contributed by atoms with van der Waals surface area (Å²) in [5.41, 5.74) is 5.11. The van der Waals surface area contributed by atoms with E-state index in [1.165, 1.54) is 0 Å². The molecule has 6 nitrogen and oxygen atoms in total. The third-order valence-corrected chi connectivity index (χ3v) is 7.44. The van der Waals surface area contributed by atoms with Crippen LogP contribution in [0.25, 0.3) is 11.3 Å². The van der Waals surface area contributed by atoms with Crippen molar-refractivity contribution in [3.8, 4) is 17.1 Å². The fraction of sp³-hybridized carbons (Fsp3) is 0.143. The lowest BCUT2D eigenvalue weighted by Crippen LogP contribution is -2.35. The van der Waals surface area contributed by atoms with Crippen LogP contribution in [0, 0.1) is 0 Å². The Labute approximate surface area is 239 Å². The summed E-state index contributed by atoms with van der Waals surface area (Å²) in [6, 6.07) is 36.5. The van der Waals surface area contributed by atoms with Crippen molar-refractivity contribution in [3.05, 3.63) is 143 Å². The van der Waals surface area contributed by atoms with E-state index in [0.29, 0.717) is 36.5 Å². The lowest BCUT2D eigenvalue weighted by molar-refractivity contribution is -0.116. The third kappa shape index (κ3) is 5.63. The van der Waals surface area contributed by atoms with Gasteiger partial charge in [0.05, 0.1) is 13.0 Å². The van der Waals surface area contributed by atoms with Crippen LogP contribution in [0.4, 0.5) is 5.69 Å². The SMILES string of the molecule is COc1cccc(C(=O)N2CCc3oc(-c4ccc(NC(=O)C(c5ccccc5)c5ccccc5)cc4)cc3C2)c1. The van der Waals surface area contributed by atoms with Crippen molar-refractivity contribution in [1.29, 1.82) is 0 Å². The minimum Gasteiger partial charge on any atom is -0.497 e. The number of amides is 2. The molecule has 5 aromatic rings. The summed E-state index contributed by atoms with van der Waals surface area (Å²) in [5.74, 6) is 1.77. The van der Waals surface area contributed by atoms with Gasteiger partial charge in [-0.15, -0.1) is 0 Å². The lowest BCUT2D eigenvalue weighted by Gasteiger charge is -2.26. The van der Waals surface area contributed by atoms with Crippen molar-refractivity contribution < 1.29 is 18.7 Å². The molecule has 0 aliphatic carbocycles. The first-order valence-electron chi connectivity index (χ1n) is 13.6. The summed E-state index contributed by atoms with van der Waals surface area (Å²) in [5, 5.41) is 3.09. The van der Waals surface area contributed by atoms with Crippen LogP contribution in [0.5, 0.6) is 5.75 Å². The van der Waals surface area contributed by atoms with Crippen LogP contribution in [-0.4, -0.2) is 30.4 Å². The number of ether oxygens (including phenoxy) is 1. The highest BCUT2D eigenvalue weighted by Gasteiger charge is 2.26. The van der Waals surface area contributed by atoms with Crippen LogP contribution in [0.2, 0.25) is 0 Å². The minimum absolute atomic E-state index is 0.0262. The van der Waals surface area contributed by atoms with Gasteiger partial charge < -0.3 is 19.4 Å². The predicted octanol–water partition coefficient (Wildman–Crippen LogP) is 6.92. The summed E-state index contributed by atoms with van der Waals surface area (Å²) in [6.45, 7) is 1.08. The molecular formula is C35H30N2O4. The van der Waals surface area contributed by atoms with E-state index < -0.39 is 5.92 Å². The Bertz CT molecular complexity index is 1620. The Morgan fingerprint density at radius 1 is 0.829 bits per heavy atom. The fourth-order valence-corrected chi connectivity index (χ4v) is 5.31. The van der Waals surface area contributed by atoms with E-state index in [4.69, 9.17) is 9.15 Å². The van der Waals surface area contributed by atoms with Crippen LogP contribution >= 0.6 is 0 Å². The highest BCUT2D eigenvalue weighted by atomic mass is 16.5. The van der Waals surface area contributed by atoms with Crippen molar-refractivity contribution in [2.24, 2.45) is 0 Å². The smallest absolute Gasteiger partial charge is 0.254 e. The first-order valence-corrected chi connectivity index (χ1v) is 13.6. The topological polar surface area (TPSA) is 71.8 Å². The largest absolute Gasteiger partial charge is 0.497 e. The standard InChI is InChI=1S/C35H30N2O4/c1-40-30-14-8-13-27(21-30)35(39)37-20-19-31-28(23-37)22-32(41-31)24-15-17-29(18-16-24)36-34(38)33(25-9-4-2-5-10-25)26-11-6-3-7-12-26/h2-18,21-22,33H,19-20,23H2,1H3,(H,36,38). The molecule has 0 saturated heterocycles. The Morgan fingerprint density at radius 3 is 2.17 bits per heavy atom. The van der Waals surface area contributed by atoms with Gasteiger partial charge in [-0.05, 0) is 59.7 Å². The molecule has 0 bridgehead atoms. The highest BCUT2D eigenvalue weighted by Crippen LogP contribution is 2.32. The molecule has 1 aliphatic rings. The number of hydrogen-bond acceptors (Lipinski definition) is 4. The van der Waals surface area contributed by atoms with Crippen molar-refractivity contribution in [3.63, 3.8) is 0 Å². The minimum atomic E-state index is -0.420. The summed E-state index contributed by atoms with van der Waals surface area (Å²) < 4.78 is 11.5. The van der Waals surface area contributed by atoms with Crippen molar-refractivity contribution in [1.82, 2.24) is 4.90 Å². The van der Waals surface area contributed by atoms with Gasteiger partial charge in [-0.1, -0.05) is 66.7 Å². The molecule has 0 atom stereocenters. The van der Waals surface area contributed by atoms with Crippen LogP contribution in [0.15, 0.2) is 120 Å². The molecule has 2 amide bonds. The molecular weight excluding hydrogens is 512 g/mol. The zero-order valence-corrected chi connectivity index (χ0v) is 22.7. The average Bonchev–Trinajstić information content (AvgIpc) is 3.46. The molecule has 0 fully saturated rings. The lowest BCUT2D eigenvalue weighted by atomic mass is 9.90. The maximum absolute atomic E-state index is 13.5. The number of anilines is 1. The number of furan rings is 1. The summed E-state index contributed by atoms with van der Waals surface area (Å²) in [6.07, 6.45) is 0.652. The molecule has 1 aliphatic heterocycles. The molecule has 6 heteroatoms. The molecule has 6 rings (SSSR count). The number of nitrogens with one attached hydrogen (secondary N) is 1. The number of fused-ring (bicyclic) bond motifs is 1. The second kappa shape index (κ2) is 11.6. The monoisotopic (exact) mass is 542 g/mol.